The van der Waals surface area contributed by atoms with Crippen LogP contribution in [0.5, 0.6) is 0 Å². The average molecular weight is 259 g/mol. The van der Waals surface area contributed by atoms with Crippen molar-refractivity contribution in [2.45, 2.75) is 26.3 Å². The van der Waals surface area contributed by atoms with Gasteiger partial charge in [0.25, 0.3) is 0 Å². The Morgan fingerprint density at radius 1 is 1.32 bits per heavy atom. The molecule has 2 aromatic rings. The van der Waals surface area contributed by atoms with E-state index in [0.29, 0.717) is 12.3 Å². The maximum absolute atomic E-state index is 11.0. The molecule has 0 saturated heterocycles. The quantitative estimate of drug-likeness (QED) is 0.832. The fourth-order valence-corrected chi connectivity index (χ4v) is 2.02. The van der Waals surface area contributed by atoms with E-state index in [-0.39, 0.29) is 5.56 Å². The zero-order valence-corrected chi connectivity index (χ0v) is 10.8. The highest BCUT2D eigenvalue weighted by molar-refractivity contribution is 5.88. The van der Waals surface area contributed by atoms with Crippen LogP contribution in [0.15, 0.2) is 41.0 Å². The molecule has 2 rings (SSSR count). The molecule has 2 N–H and O–H groups in total. The number of carbonyl (C=O) groups is 1. The van der Waals surface area contributed by atoms with Crippen LogP contribution in [0.1, 0.15) is 35.0 Å². The number of hydrogen-bond acceptors (Lipinski definition) is 3. The van der Waals surface area contributed by atoms with E-state index in [9.17, 15) is 4.79 Å². The van der Waals surface area contributed by atoms with Crippen molar-refractivity contribution in [3.8, 4) is 0 Å². The van der Waals surface area contributed by atoms with Gasteiger partial charge in [-0.1, -0.05) is 31.5 Å². The highest BCUT2D eigenvalue weighted by Crippen LogP contribution is 2.19. The lowest BCUT2D eigenvalue weighted by Gasteiger charge is -2.10. The molecule has 4 heteroatoms. The van der Waals surface area contributed by atoms with Crippen LogP contribution in [0.25, 0.3) is 0 Å². The molecule has 1 aromatic heterocycles. The third-order valence-electron chi connectivity index (χ3n) is 2.95. The lowest BCUT2D eigenvalue weighted by molar-refractivity contribution is 0.0694. The second kappa shape index (κ2) is 6.09. The number of nitrogens with one attached hydrogen (secondary N) is 1. The van der Waals surface area contributed by atoms with E-state index in [1.54, 1.807) is 0 Å². The number of rotatable bonds is 6. The molecule has 0 bridgehead atoms. The second-order valence-corrected chi connectivity index (χ2v) is 4.32. The molecule has 0 aliphatic heterocycles. The molecule has 0 aliphatic carbocycles. The molecule has 0 saturated carbocycles. The normalized spacial score (nSPS) is 10.4. The van der Waals surface area contributed by atoms with E-state index in [1.165, 1.54) is 17.9 Å². The summed E-state index contributed by atoms with van der Waals surface area (Å²) in [6.45, 7) is 2.50. The Kier molecular flexibility index (Phi) is 4.23. The van der Waals surface area contributed by atoms with E-state index in [1.807, 2.05) is 18.2 Å². The molecular formula is C15H17NO3. The number of aryl methyl sites for hydroxylation is 1. The van der Waals surface area contributed by atoms with Gasteiger partial charge in [0, 0.05) is 5.69 Å². The van der Waals surface area contributed by atoms with Crippen LogP contribution in [0.4, 0.5) is 5.69 Å². The summed E-state index contributed by atoms with van der Waals surface area (Å²) in [4.78, 5) is 11.0. The summed E-state index contributed by atoms with van der Waals surface area (Å²) in [7, 11) is 0. The Morgan fingerprint density at radius 2 is 2.11 bits per heavy atom. The number of carboxylic acids is 1. The molecule has 19 heavy (non-hydrogen) atoms. The first-order chi connectivity index (χ1) is 9.22. The number of hydrogen-bond donors (Lipinski definition) is 2. The standard InChI is InChI=1S/C15H17NO3/c1-2-5-11-6-3-4-7-13(11)16-10-14-12(15(17)18)8-9-19-14/h3-4,6-9,16H,2,5,10H2,1H3,(H,17,18). The Bertz CT molecular complexity index is 560. The number of carboxylic acid groups (broad SMARTS) is 1. The number of aromatic carboxylic acids is 1. The Labute approximate surface area is 112 Å². The van der Waals surface area contributed by atoms with Crippen molar-refractivity contribution in [2.24, 2.45) is 0 Å². The average Bonchev–Trinajstić information content (AvgIpc) is 2.86. The van der Waals surface area contributed by atoms with Crippen molar-refractivity contribution in [3.05, 3.63) is 53.5 Å². The summed E-state index contributed by atoms with van der Waals surface area (Å²) in [5, 5.41) is 12.2. The van der Waals surface area contributed by atoms with Crippen molar-refractivity contribution in [1.82, 2.24) is 0 Å². The van der Waals surface area contributed by atoms with E-state index in [0.717, 1.165) is 18.5 Å². The summed E-state index contributed by atoms with van der Waals surface area (Å²) in [5.74, 6) is -0.522. The first-order valence-corrected chi connectivity index (χ1v) is 6.33. The van der Waals surface area contributed by atoms with Crippen molar-refractivity contribution < 1.29 is 14.3 Å². The first kappa shape index (κ1) is 13.2. The van der Waals surface area contributed by atoms with E-state index < -0.39 is 5.97 Å². The lowest BCUT2D eigenvalue weighted by atomic mass is 10.1. The SMILES string of the molecule is CCCc1ccccc1NCc1occc1C(=O)O. The number of furan rings is 1. The van der Waals surface area contributed by atoms with Gasteiger partial charge in [-0.05, 0) is 24.1 Å². The molecule has 100 valence electrons. The zero-order valence-electron chi connectivity index (χ0n) is 10.8. The molecular weight excluding hydrogens is 242 g/mol. The van der Waals surface area contributed by atoms with Gasteiger partial charge in [0.15, 0.2) is 0 Å². The first-order valence-electron chi connectivity index (χ1n) is 6.33. The van der Waals surface area contributed by atoms with E-state index in [4.69, 9.17) is 9.52 Å². The summed E-state index contributed by atoms with van der Waals surface area (Å²) in [6, 6.07) is 9.51. The highest BCUT2D eigenvalue weighted by atomic mass is 16.4. The van der Waals surface area contributed by atoms with Gasteiger partial charge < -0.3 is 14.8 Å². The highest BCUT2D eigenvalue weighted by Gasteiger charge is 2.13. The molecule has 0 spiro atoms. The largest absolute Gasteiger partial charge is 0.478 e. The topological polar surface area (TPSA) is 62.5 Å². The maximum atomic E-state index is 11.0. The summed E-state index contributed by atoms with van der Waals surface area (Å²) < 4.78 is 5.20. The van der Waals surface area contributed by atoms with Crippen LogP contribution in [0.3, 0.4) is 0 Å². The zero-order chi connectivity index (χ0) is 13.7. The van der Waals surface area contributed by atoms with Crippen molar-refractivity contribution in [3.63, 3.8) is 0 Å². The summed E-state index contributed by atoms with van der Waals surface area (Å²) in [6.07, 6.45) is 3.46. The van der Waals surface area contributed by atoms with E-state index in [2.05, 4.69) is 18.3 Å². The van der Waals surface area contributed by atoms with Gasteiger partial charge >= 0.3 is 5.97 Å². The number of para-hydroxylation sites is 1. The molecule has 0 atom stereocenters. The molecule has 0 unspecified atom stereocenters. The molecule has 0 amide bonds. The van der Waals surface area contributed by atoms with Gasteiger partial charge in [-0.3, -0.25) is 0 Å². The molecule has 0 aliphatic rings. The van der Waals surface area contributed by atoms with Gasteiger partial charge in [0.05, 0.1) is 12.8 Å². The minimum absolute atomic E-state index is 0.209. The van der Waals surface area contributed by atoms with Crippen LogP contribution in [0.2, 0.25) is 0 Å². The molecule has 1 aromatic carbocycles. The monoisotopic (exact) mass is 259 g/mol. The second-order valence-electron chi connectivity index (χ2n) is 4.32. The van der Waals surface area contributed by atoms with Crippen LogP contribution in [0, 0.1) is 0 Å². The number of benzene rings is 1. The van der Waals surface area contributed by atoms with Gasteiger partial charge in [-0.15, -0.1) is 0 Å². The fourth-order valence-electron chi connectivity index (χ4n) is 2.02. The number of anilines is 1. The van der Waals surface area contributed by atoms with Crippen LogP contribution >= 0.6 is 0 Å². The Balaban J connectivity index is 2.10. The Hall–Kier alpha value is -2.23. The molecule has 1 heterocycles. The fraction of sp³-hybridized carbons (Fsp3) is 0.267. The van der Waals surface area contributed by atoms with Gasteiger partial charge in [-0.2, -0.15) is 0 Å². The van der Waals surface area contributed by atoms with Crippen molar-refractivity contribution in [2.75, 3.05) is 5.32 Å². The van der Waals surface area contributed by atoms with E-state index >= 15 is 0 Å². The Morgan fingerprint density at radius 3 is 2.84 bits per heavy atom. The van der Waals surface area contributed by atoms with Crippen LogP contribution in [-0.4, -0.2) is 11.1 Å². The third-order valence-corrected chi connectivity index (χ3v) is 2.95. The summed E-state index contributed by atoms with van der Waals surface area (Å²) in [5.41, 5.74) is 2.46. The predicted octanol–water partition coefficient (Wildman–Crippen LogP) is 3.54. The summed E-state index contributed by atoms with van der Waals surface area (Å²) >= 11 is 0. The minimum atomic E-state index is -0.965. The smallest absolute Gasteiger partial charge is 0.339 e. The predicted molar refractivity (Wildman–Crippen MR) is 73.4 cm³/mol. The van der Waals surface area contributed by atoms with Crippen molar-refractivity contribution in [1.29, 1.82) is 0 Å². The lowest BCUT2D eigenvalue weighted by Crippen LogP contribution is -2.06. The van der Waals surface area contributed by atoms with Gasteiger partial charge in [0.1, 0.15) is 11.3 Å². The molecule has 4 nitrogen and oxygen atoms in total. The maximum Gasteiger partial charge on any atom is 0.339 e. The van der Waals surface area contributed by atoms with Gasteiger partial charge in [0.2, 0.25) is 0 Å². The molecule has 0 radical (unpaired) electrons. The third kappa shape index (κ3) is 3.16. The van der Waals surface area contributed by atoms with Crippen LogP contribution < -0.4 is 5.32 Å². The van der Waals surface area contributed by atoms with Crippen LogP contribution in [-0.2, 0) is 13.0 Å². The minimum Gasteiger partial charge on any atom is -0.478 e. The van der Waals surface area contributed by atoms with Crippen molar-refractivity contribution >= 4 is 11.7 Å². The molecule has 0 fully saturated rings. The van der Waals surface area contributed by atoms with Gasteiger partial charge in [-0.25, -0.2) is 4.79 Å².